The summed E-state index contributed by atoms with van der Waals surface area (Å²) in [5, 5.41) is 17.6. The first-order valence-corrected chi connectivity index (χ1v) is 8.25. The number of rotatable bonds is 6. The van der Waals surface area contributed by atoms with Crippen LogP contribution >= 0.6 is 0 Å². The molecule has 126 valence electrons. The van der Waals surface area contributed by atoms with Crippen LogP contribution in [0, 0.1) is 0 Å². The monoisotopic (exact) mass is 328 g/mol. The largest absolute Gasteiger partial charge is 0.442 e. The van der Waals surface area contributed by atoms with Gasteiger partial charge in [-0.1, -0.05) is 23.4 Å². The van der Waals surface area contributed by atoms with E-state index in [0.29, 0.717) is 13.1 Å². The third kappa shape index (κ3) is 2.75. The fraction of sp³-hybridized carbons (Fsp3) is 0.471. The van der Waals surface area contributed by atoms with Crippen LogP contribution < -0.4 is 4.90 Å². The fourth-order valence-corrected chi connectivity index (χ4v) is 3.27. The number of hydrogen-bond acceptors (Lipinski definition) is 5. The number of ether oxygens (including phenoxy) is 1. The van der Waals surface area contributed by atoms with Crippen LogP contribution in [0.2, 0.25) is 0 Å². The van der Waals surface area contributed by atoms with E-state index < -0.39 is 0 Å². The van der Waals surface area contributed by atoms with E-state index in [1.807, 2.05) is 36.5 Å². The summed E-state index contributed by atoms with van der Waals surface area (Å²) in [6, 6.07) is 9.50. The van der Waals surface area contributed by atoms with Gasteiger partial charge in [0.05, 0.1) is 18.8 Å². The quantitative estimate of drug-likeness (QED) is 0.873. The summed E-state index contributed by atoms with van der Waals surface area (Å²) in [6.07, 6.45) is 4.16. The number of carbonyl (C=O) groups excluding carboxylic acids is 1. The molecular weight excluding hydrogens is 308 g/mol. The van der Waals surface area contributed by atoms with Gasteiger partial charge in [0.1, 0.15) is 6.10 Å². The Morgan fingerprint density at radius 2 is 2.08 bits per heavy atom. The van der Waals surface area contributed by atoms with Crippen LogP contribution in [-0.4, -0.2) is 45.4 Å². The van der Waals surface area contributed by atoms with E-state index in [2.05, 4.69) is 10.3 Å². The number of amides is 1. The van der Waals surface area contributed by atoms with Gasteiger partial charge in [0.25, 0.3) is 0 Å². The molecule has 1 saturated carbocycles. The third-order valence-electron chi connectivity index (χ3n) is 4.86. The van der Waals surface area contributed by atoms with E-state index in [4.69, 9.17) is 4.74 Å². The SMILES string of the molecule is O=C1OC(Cn2cc(C3(CCO)CC3)nn2)CN1c1ccccc1. The lowest BCUT2D eigenvalue weighted by molar-refractivity contribution is 0.129. The summed E-state index contributed by atoms with van der Waals surface area (Å²) in [7, 11) is 0. The molecule has 1 amide bonds. The molecule has 1 atom stereocenters. The molecule has 24 heavy (non-hydrogen) atoms. The van der Waals surface area contributed by atoms with Crippen LogP contribution in [0.15, 0.2) is 36.5 Å². The van der Waals surface area contributed by atoms with Crippen LogP contribution in [-0.2, 0) is 16.7 Å². The number of aliphatic hydroxyl groups is 1. The lowest BCUT2D eigenvalue weighted by atomic mass is 10.00. The molecule has 0 bridgehead atoms. The fourth-order valence-electron chi connectivity index (χ4n) is 3.27. The van der Waals surface area contributed by atoms with Gasteiger partial charge in [-0.15, -0.1) is 5.10 Å². The average Bonchev–Trinajstić information content (AvgIpc) is 3.06. The van der Waals surface area contributed by atoms with Gasteiger partial charge < -0.3 is 9.84 Å². The average molecular weight is 328 g/mol. The van der Waals surface area contributed by atoms with Gasteiger partial charge in [-0.05, 0) is 31.4 Å². The van der Waals surface area contributed by atoms with Crippen molar-refractivity contribution in [3.05, 3.63) is 42.2 Å². The Balaban J connectivity index is 1.42. The third-order valence-corrected chi connectivity index (χ3v) is 4.86. The van der Waals surface area contributed by atoms with Crippen LogP contribution in [0.1, 0.15) is 25.0 Å². The topological polar surface area (TPSA) is 80.5 Å². The van der Waals surface area contributed by atoms with Crippen molar-refractivity contribution in [2.45, 2.75) is 37.3 Å². The minimum Gasteiger partial charge on any atom is -0.442 e. The molecule has 1 saturated heterocycles. The zero-order valence-corrected chi connectivity index (χ0v) is 13.3. The summed E-state index contributed by atoms with van der Waals surface area (Å²) in [5.41, 5.74) is 1.78. The van der Waals surface area contributed by atoms with Gasteiger partial charge in [-0.25, -0.2) is 9.48 Å². The van der Waals surface area contributed by atoms with Crippen molar-refractivity contribution in [1.82, 2.24) is 15.0 Å². The first-order valence-electron chi connectivity index (χ1n) is 8.25. The van der Waals surface area contributed by atoms with Gasteiger partial charge in [-0.3, -0.25) is 4.90 Å². The molecule has 7 nitrogen and oxygen atoms in total. The highest BCUT2D eigenvalue weighted by molar-refractivity contribution is 5.89. The first-order chi connectivity index (χ1) is 11.7. The summed E-state index contributed by atoms with van der Waals surface area (Å²) in [4.78, 5) is 13.7. The molecule has 2 heterocycles. The molecule has 7 heteroatoms. The molecule has 2 aliphatic rings. The molecule has 0 radical (unpaired) electrons. The summed E-state index contributed by atoms with van der Waals surface area (Å²) >= 11 is 0. The normalized spacial score (nSPS) is 21.8. The van der Waals surface area contributed by atoms with E-state index in [0.717, 1.165) is 30.6 Å². The van der Waals surface area contributed by atoms with E-state index in [1.54, 1.807) is 9.58 Å². The molecule has 1 aromatic heterocycles. The molecule has 2 fully saturated rings. The number of benzene rings is 1. The maximum atomic E-state index is 12.1. The number of carbonyl (C=O) groups is 1. The van der Waals surface area contributed by atoms with Crippen molar-refractivity contribution in [3.8, 4) is 0 Å². The lowest BCUT2D eigenvalue weighted by Gasteiger charge is -2.12. The second-order valence-electron chi connectivity index (χ2n) is 6.53. The minimum absolute atomic E-state index is 0.00935. The van der Waals surface area contributed by atoms with E-state index in [1.165, 1.54) is 0 Å². The highest BCUT2D eigenvalue weighted by atomic mass is 16.6. The van der Waals surface area contributed by atoms with E-state index >= 15 is 0 Å². The summed E-state index contributed by atoms with van der Waals surface area (Å²) in [5.74, 6) is 0. The molecule has 0 spiro atoms. The lowest BCUT2D eigenvalue weighted by Crippen LogP contribution is -2.25. The Hall–Kier alpha value is -2.41. The molecule has 1 unspecified atom stereocenters. The molecule has 2 aromatic rings. The Morgan fingerprint density at radius 1 is 1.29 bits per heavy atom. The molecule has 1 aliphatic carbocycles. The number of aliphatic hydroxyl groups excluding tert-OH is 1. The van der Waals surface area contributed by atoms with Crippen LogP contribution in [0.4, 0.5) is 10.5 Å². The van der Waals surface area contributed by atoms with Crippen molar-refractivity contribution < 1.29 is 14.6 Å². The highest BCUT2D eigenvalue weighted by Crippen LogP contribution is 2.49. The number of nitrogens with zero attached hydrogens (tertiary/aromatic N) is 4. The highest BCUT2D eigenvalue weighted by Gasteiger charge is 2.46. The van der Waals surface area contributed by atoms with Crippen molar-refractivity contribution in [1.29, 1.82) is 0 Å². The standard InChI is InChI=1S/C17H20N4O3/c22-9-8-17(6-7-17)15-12-20(19-18-15)10-14-11-21(16(23)24-14)13-4-2-1-3-5-13/h1-5,12,14,22H,6-11H2. The van der Waals surface area contributed by atoms with Gasteiger partial charge in [-0.2, -0.15) is 0 Å². The second kappa shape index (κ2) is 5.90. The van der Waals surface area contributed by atoms with Gasteiger partial charge in [0.15, 0.2) is 0 Å². The van der Waals surface area contributed by atoms with Crippen LogP contribution in [0.3, 0.4) is 0 Å². The van der Waals surface area contributed by atoms with Gasteiger partial charge in [0.2, 0.25) is 0 Å². The van der Waals surface area contributed by atoms with Crippen molar-refractivity contribution in [2.75, 3.05) is 18.1 Å². The predicted molar refractivity (Wildman–Crippen MR) is 86.7 cm³/mol. The number of cyclic esters (lactones) is 1. The Bertz CT molecular complexity index is 726. The second-order valence-corrected chi connectivity index (χ2v) is 6.53. The Labute approximate surface area is 139 Å². The van der Waals surface area contributed by atoms with Crippen LogP contribution in [0.25, 0.3) is 0 Å². The molecule has 4 rings (SSSR count). The summed E-state index contributed by atoms with van der Waals surface area (Å²) < 4.78 is 7.18. The maximum Gasteiger partial charge on any atom is 0.414 e. The van der Waals surface area contributed by atoms with Crippen LogP contribution in [0.5, 0.6) is 0 Å². The first kappa shape index (κ1) is 15.1. The summed E-state index contributed by atoms with van der Waals surface area (Å²) in [6.45, 7) is 1.15. The zero-order valence-electron chi connectivity index (χ0n) is 13.3. The Kier molecular flexibility index (Phi) is 3.72. The van der Waals surface area contributed by atoms with Crippen molar-refractivity contribution in [3.63, 3.8) is 0 Å². The smallest absolute Gasteiger partial charge is 0.414 e. The molecule has 1 aromatic carbocycles. The number of para-hydroxylation sites is 1. The van der Waals surface area contributed by atoms with E-state index in [-0.39, 0.29) is 24.2 Å². The zero-order chi connectivity index (χ0) is 16.6. The maximum absolute atomic E-state index is 12.1. The van der Waals surface area contributed by atoms with Gasteiger partial charge in [0, 0.05) is 23.9 Å². The minimum atomic E-state index is -0.328. The number of anilines is 1. The number of aromatic nitrogens is 3. The van der Waals surface area contributed by atoms with E-state index in [9.17, 15) is 9.90 Å². The predicted octanol–water partition coefficient (Wildman–Crippen LogP) is 1.72. The van der Waals surface area contributed by atoms with Crippen molar-refractivity contribution in [2.24, 2.45) is 0 Å². The number of hydrogen-bond donors (Lipinski definition) is 1. The van der Waals surface area contributed by atoms with Gasteiger partial charge >= 0.3 is 6.09 Å². The van der Waals surface area contributed by atoms with Crippen molar-refractivity contribution >= 4 is 11.8 Å². The molecular formula is C17H20N4O3. The molecule has 1 N–H and O–H groups in total. The molecule has 1 aliphatic heterocycles. The Morgan fingerprint density at radius 3 is 2.79 bits per heavy atom.